The van der Waals surface area contributed by atoms with Crippen LogP contribution in [-0.2, 0) is 16.4 Å². The molecule has 2 aromatic carbocycles. The first-order valence-corrected chi connectivity index (χ1v) is 9.99. The number of rotatable bonds is 4. The summed E-state index contributed by atoms with van der Waals surface area (Å²) in [6.07, 6.45) is 0.520. The number of sulfonamides is 1. The molecule has 7 nitrogen and oxygen atoms in total. The van der Waals surface area contributed by atoms with Gasteiger partial charge in [0.25, 0.3) is 5.91 Å². The molecule has 28 heavy (non-hydrogen) atoms. The van der Waals surface area contributed by atoms with Gasteiger partial charge in [-0.2, -0.15) is 0 Å². The Morgan fingerprint density at radius 2 is 2.00 bits per heavy atom. The zero-order valence-electron chi connectivity index (χ0n) is 14.8. The maximum absolute atomic E-state index is 13.9. The van der Waals surface area contributed by atoms with Crippen LogP contribution < -0.4 is 9.62 Å². The topological polar surface area (TPSA) is 92.5 Å². The van der Waals surface area contributed by atoms with Crippen LogP contribution in [-0.4, -0.2) is 33.1 Å². The average molecular weight is 401 g/mol. The molecule has 0 fully saturated rings. The summed E-state index contributed by atoms with van der Waals surface area (Å²) in [6, 6.07) is 12.1. The van der Waals surface area contributed by atoms with E-state index in [0.717, 1.165) is 5.56 Å². The SMILES string of the molecule is CNS(=O)(=O)c1ccc2c(c1)CCN2C(=O)c1cc(-c2ccccc2F)on1. The number of nitrogens with one attached hydrogen (secondary N) is 1. The zero-order chi connectivity index (χ0) is 19.9. The number of anilines is 1. The average Bonchev–Trinajstić information content (AvgIpc) is 3.34. The van der Waals surface area contributed by atoms with Crippen molar-refractivity contribution in [1.82, 2.24) is 9.88 Å². The van der Waals surface area contributed by atoms with Crippen LogP contribution >= 0.6 is 0 Å². The third-order valence-electron chi connectivity index (χ3n) is 4.64. The molecule has 0 saturated heterocycles. The molecule has 1 aromatic heterocycles. The lowest BCUT2D eigenvalue weighted by Crippen LogP contribution is -2.29. The van der Waals surface area contributed by atoms with Gasteiger partial charge in [-0.3, -0.25) is 4.79 Å². The smallest absolute Gasteiger partial charge is 0.280 e. The van der Waals surface area contributed by atoms with E-state index in [2.05, 4.69) is 9.88 Å². The molecule has 0 saturated carbocycles. The summed E-state index contributed by atoms with van der Waals surface area (Å²) < 4.78 is 45.2. The van der Waals surface area contributed by atoms with Crippen LogP contribution in [0.3, 0.4) is 0 Å². The Bertz CT molecular complexity index is 1170. The summed E-state index contributed by atoms with van der Waals surface area (Å²) in [5.41, 5.74) is 1.65. The zero-order valence-corrected chi connectivity index (χ0v) is 15.7. The minimum absolute atomic E-state index is 0.0537. The molecule has 0 radical (unpaired) electrons. The highest BCUT2D eigenvalue weighted by Crippen LogP contribution is 2.32. The van der Waals surface area contributed by atoms with Crippen LogP contribution in [0.4, 0.5) is 10.1 Å². The standard InChI is InChI=1S/C19H16FN3O4S/c1-21-28(25,26)13-6-7-17-12(10-13)8-9-23(17)19(24)16-11-18(27-22-16)14-4-2-3-5-15(14)20/h2-7,10-11,21H,8-9H2,1H3. The molecule has 1 amide bonds. The molecule has 0 spiro atoms. The van der Waals surface area contributed by atoms with E-state index >= 15 is 0 Å². The second-order valence-electron chi connectivity index (χ2n) is 6.26. The predicted molar refractivity (Wildman–Crippen MR) is 100.0 cm³/mol. The van der Waals surface area contributed by atoms with E-state index in [-0.39, 0.29) is 21.9 Å². The van der Waals surface area contributed by atoms with E-state index in [9.17, 15) is 17.6 Å². The number of carbonyl (C=O) groups is 1. The first-order valence-electron chi connectivity index (χ1n) is 8.50. The van der Waals surface area contributed by atoms with Gasteiger partial charge in [0.05, 0.1) is 10.5 Å². The first kappa shape index (κ1) is 18.3. The first-order chi connectivity index (χ1) is 13.4. The van der Waals surface area contributed by atoms with Gasteiger partial charge in [0.2, 0.25) is 10.0 Å². The molecule has 1 aliphatic rings. The summed E-state index contributed by atoms with van der Waals surface area (Å²) in [7, 11) is -2.21. The number of amides is 1. The van der Waals surface area contributed by atoms with E-state index in [1.54, 1.807) is 30.3 Å². The van der Waals surface area contributed by atoms with Crippen molar-refractivity contribution in [2.75, 3.05) is 18.5 Å². The Kier molecular flexibility index (Phi) is 4.48. The van der Waals surface area contributed by atoms with E-state index in [1.165, 1.54) is 30.1 Å². The summed E-state index contributed by atoms with van der Waals surface area (Å²) in [4.78, 5) is 14.5. The number of hydrogen-bond acceptors (Lipinski definition) is 5. The van der Waals surface area contributed by atoms with E-state index in [1.807, 2.05) is 0 Å². The minimum atomic E-state index is -3.56. The largest absolute Gasteiger partial charge is 0.355 e. The fourth-order valence-electron chi connectivity index (χ4n) is 3.18. The predicted octanol–water partition coefficient (Wildman–Crippen LogP) is 2.59. The van der Waals surface area contributed by atoms with Crippen molar-refractivity contribution in [3.05, 3.63) is 65.6 Å². The maximum atomic E-state index is 13.9. The molecular formula is C19H16FN3O4S. The van der Waals surface area contributed by atoms with Gasteiger partial charge < -0.3 is 9.42 Å². The number of hydrogen-bond donors (Lipinski definition) is 1. The third kappa shape index (κ3) is 3.08. The quantitative estimate of drug-likeness (QED) is 0.725. The molecule has 9 heteroatoms. The van der Waals surface area contributed by atoms with Crippen molar-refractivity contribution in [3.63, 3.8) is 0 Å². The number of fused-ring (bicyclic) bond motifs is 1. The molecule has 144 valence electrons. The van der Waals surface area contributed by atoms with Crippen LogP contribution in [0.15, 0.2) is 57.9 Å². The number of halogens is 1. The highest BCUT2D eigenvalue weighted by Gasteiger charge is 2.29. The van der Waals surface area contributed by atoms with Gasteiger partial charge in [-0.1, -0.05) is 17.3 Å². The van der Waals surface area contributed by atoms with Crippen molar-refractivity contribution < 1.29 is 22.1 Å². The van der Waals surface area contributed by atoms with Crippen LogP contribution in [0.1, 0.15) is 16.1 Å². The Morgan fingerprint density at radius 1 is 1.21 bits per heavy atom. The van der Waals surface area contributed by atoms with Gasteiger partial charge in [-0.05, 0) is 49.4 Å². The summed E-state index contributed by atoms with van der Waals surface area (Å²) >= 11 is 0. The second kappa shape index (κ2) is 6.84. The Balaban J connectivity index is 1.63. The number of nitrogens with zero attached hydrogens (tertiary/aromatic N) is 2. The van der Waals surface area contributed by atoms with Crippen LogP contribution in [0.5, 0.6) is 0 Å². The fourth-order valence-corrected chi connectivity index (χ4v) is 3.96. The van der Waals surface area contributed by atoms with E-state index in [4.69, 9.17) is 4.52 Å². The molecule has 2 heterocycles. The second-order valence-corrected chi connectivity index (χ2v) is 8.15. The van der Waals surface area contributed by atoms with E-state index in [0.29, 0.717) is 18.7 Å². The molecule has 0 atom stereocenters. The van der Waals surface area contributed by atoms with Gasteiger partial charge >= 0.3 is 0 Å². The van der Waals surface area contributed by atoms with Gasteiger partial charge in [0, 0.05) is 18.3 Å². The molecule has 3 aromatic rings. The molecule has 4 rings (SSSR count). The van der Waals surface area contributed by atoms with E-state index < -0.39 is 21.7 Å². The van der Waals surface area contributed by atoms with Crippen molar-refractivity contribution in [2.45, 2.75) is 11.3 Å². The van der Waals surface area contributed by atoms with Gasteiger partial charge in [0.15, 0.2) is 11.5 Å². The third-order valence-corrected chi connectivity index (χ3v) is 6.05. The number of aromatic nitrogens is 1. The Hall–Kier alpha value is -3.04. The summed E-state index contributed by atoms with van der Waals surface area (Å²) in [5.74, 6) is -0.701. The van der Waals surface area contributed by atoms with Crippen molar-refractivity contribution in [3.8, 4) is 11.3 Å². The summed E-state index contributed by atoms with van der Waals surface area (Å²) in [6.45, 7) is 0.388. The maximum Gasteiger partial charge on any atom is 0.280 e. The molecule has 1 N–H and O–H groups in total. The lowest BCUT2D eigenvalue weighted by atomic mass is 10.1. The van der Waals surface area contributed by atoms with Crippen LogP contribution in [0, 0.1) is 5.82 Å². The lowest BCUT2D eigenvalue weighted by molar-refractivity contribution is 0.0980. The molecule has 0 aliphatic carbocycles. The van der Waals surface area contributed by atoms with Crippen molar-refractivity contribution >= 4 is 21.6 Å². The van der Waals surface area contributed by atoms with Gasteiger partial charge in [-0.15, -0.1) is 0 Å². The monoisotopic (exact) mass is 401 g/mol. The number of carbonyl (C=O) groups excluding carboxylic acids is 1. The Labute approximate surface area is 160 Å². The lowest BCUT2D eigenvalue weighted by Gasteiger charge is -2.15. The molecular weight excluding hydrogens is 385 g/mol. The van der Waals surface area contributed by atoms with Gasteiger partial charge in [0.1, 0.15) is 5.82 Å². The van der Waals surface area contributed by atoms with Crippen LogP contribution in [0.2, 0.25) is 0 Å². The number of benzene rings is 2. The van der Waals surface area contributed by atoms with Crippen molar-refractivity contribution in [1.29, 1.82) is 0 Å². The van der Waals surface area contributed by atoms with Crippen molar-refractivity contribution in [2.24, 2.45) is 0 Å². The minimum Gasteiger partial charge on any atom is -0.355 e. The molecule has 0 bridgehead atoms. The molecule has 1 aliphatic heterocycles. The fraction of sp³-hybridized carbons (Fsp3) is 0.158. The highest BCUT2D eigenvalue weighted by atomic mass is 32.2. The Morgan fingerprint density at radius 3 is 2.75 bits per heavy atom. The van der Waals surface area contributed by atoms with Gasteiger partial charge in [-0.25, -0.2) is 17.5 Å². The highest BCUT2D eigenvalue weighted by molar-refractivity contribution is 7.89. The normalized spacial score (nSPS) is 13.6. The summed E-state index contributed by atoms with van der Waals surface area (Å²) in [5, 5.41) is 3.78. The van der Waals surface area contributed by atoms with Crippen LogP contribution in [0.25, 0.3) is 11.3 Å². The molecule has 0 unspecified atom stereocenters.